The SMILES string of the molecule is c1ccc(-c2ccc(N(c3ccc(-c4ccc5c(c4)sc4ccccc45)cc3)c3cccc4oc5ccccc5c34)cc2-c2ccccc2)cc1. The van der Waals surface area contributed by atoms with Gasteiger partial charge in [0.25, 0.3) is 0 Å². The van der Waals surface area contributed by atoms with E-state index in [0.717, 1.165) is 39.0 Å². The van der Waals surface area contributed by atoms with E-state index < -0.39 is 0 Å². The summed E-state index contributed by atoms with van der Waals surface area (Å²) in [6, 6.07) is 67.4. The van der Waals surface area contributed by atoms with Gasteiger partial charge in [-0.3, -0.25) is 0 Å². The third-order valence-electron chi connectivity index (χ3n) is 9.89. The van der Waals surface area contributed by atoms with E-state index in [1.54, 1.807) is 0 Å². The molecule has 0 bridgehead atoms. The summed E-state index contributed by atoms with van der Waals surface area (Å²) in [6.45, 7) is 0. The summed E-state index contributed by atoms with van der Waals surface area (Å²) in [6.07, 6.45) is 0. The van der Waals surface area contributed by atoms with Crippen LogP contribution in [0.4, 0.5) is 17.1 Å². The Morgan fingerprint density at radius 1 is 0.373 bits per heavy atom. The molecule has 10 aromatic rings. The Labute approximate surface area is 300 Å². The first-order valence-corrected chi connectivity index (χ1v) is 18.1. The first kappa shape index (κ1) is 29.5. The van der Waals surface area contributed by atoms with Crippen LogP contribution in [0.3, 0.4) is 0 Å². The molecule has 0 N–H and O–H groups in total. The molecule has 0 saturated carbocycles. The van der Waals surface area contributed by atoms with E-state index in [1.165, 1.54) is 53.6 Å². The van der Waals surface area contributed by atoms with Crippen molar-refractivity contribution in [3.8, 4) is 33.4 Å². The van der Waals surface area contributed by atoms with Crippen LogP contribution in [0.25, 0.3) is 75.5 Å². The quantitative estimate of drug-likeness (QED) is 0.175. The predicted octanol–water partition coefficient (Wildman–Crippen LogP) is 14.4. The number of thiophene rings is 1. The lowest BCUT2D eigenvalue weighted by atomic mass is 9.93. The van der Waals surface area contributed by atoms with Crippen LogP contribution in [0.1, 0.15) is 0 Å². The van der Waals surface area contributed by atoms with Crippen LogP contribution >= 0.6 is 11.3 Å². The van der Waals surface area contributed by atoms with E-state index in [9.17, 15) is 0 Å². The lowest BCUT2D eigenvalue weighted by Gasteiger charge is -2.27. The van der Waals surface area contributed by atoms with Gasteiger partial charge in [0.1, 0.15) is 11.2 Å². The van der Waals surface area contributed by atoms with Crippen LogP contribution in [0.15, 0.2) is 192 Å². The van der Waals surface area contributed by atoms with E-state index >= 15 is 0 Å². The highest BCUT2D eigenvalue weighted by molar-refractivity contribution is 7.25. The molecule has 0 spiro atoms. The molecule has 0 aliphatic rings. The van der Waals surface area contributed by atoms with Crippen molar-refractivity contribution < 1.29 is 4.42 Å². The maximum atomic E-state index is 6.39. The van der Waals surface area contributed by atoms with Crippen LogP contribution in [-0.4, -0.2) is 0 Å². The lowest BCUT2D eigenvalue weighted by Crippen LogP contribution is -2.10. The van der Waals surface area contributed by atoms with Crippen molar-refractivity contribution in [3.05, 3.63) is 188 Å². The molecular weight excluding hydrogens is 639 g/mol. The topological polar surface area (TPSA) is 16.4 Å². The van der Waals surface area contributed by atoms with E-state index in [4.69, 9.17) is 4.42 Å². The Hall–Kier alpha value is -6.42. The molecule has 240 valence electrons. The number of anilines is 3. The first-order chi connectivity index (χ1) is 25.3. The summed E-state index contributed by atoms with van der Waals surface area (Å²) in [5, 5.41) is 4.84. The highest BCUT2D eigenvalue weighted by Crippen LogP contribution is 2.45. The summed E-state index contributed by atoms with van der Waals surface area (Å²) < 4.78 is 9.03. The summed E-state index contributed by atoms with van der Waals surface area (Å²) in [4.78, 5) is 2.38. The summed E-state index contributed by atoms with van der Waals surface area (Å²) in [7, 11) is 0. The number of fused-ring (bicyclic) bond motifs is 6. The van der Waals surface area contributed by atoms with Gasteiger partial charge >= 0.3 is 0 Å². The Kier molecular flexibility index (Phi) is 7.04. The van der Waals surface area contributed by atoms with E-state index in [1.807, 2.05) is 23.5 Å². The molecule has 8 aromatic carbocycles. The molecule has 2 nitrogen and oxygen atoms in total. The normalized spacial score (nSPS) is 11.5. The fraction of sp³-hybridized carbons (Fsp3) is 0. The van der Waals surface area contributed by atoms with Gasteiger partial charge in [0.05, 0.1) is 11.1 Å². The molecule has 0 saturated heterocycles. The molecule has 3 heteroatoms. The number of hydrogen-bond acceptors (Lipinski definition) is 3. The van der Waals surface area contributed by atoms with Gasteiger partial charge in [-0.25, -0.2) is 0 Å². The molecule has 0 amide bonds. The minimum absolute atomic E-state index is 0.871. The summed E-state index contributed by atoms with van der Waals surface area (Å²) in [5.74, 6) is 0. The van der Waals surface area contributed by atoms with Crippen LogP contribution in [-0.2, 0) is 0 Å². The Morgan fingerprint density at radius 2 is 1.00 bits per heavy atom. The van der Waals surface area contributed by atoms with Crippen molar-refractivity contribution in [1.29, 1.82) is 0 Å². The molecule has 0 aliphatic heterocycles. The number of furan rings is 1. The van der Waals surface area contributed by atoms with Gasteiger partial charge < -0.3 is 9.32 Å². The van der Waals surface area contributed by atoms with Gasteiger partial charge in [-0.1, -0.05) is 133 Å². The summed E-state index contributed by atoms with van der Waals surface area (Å²) in [5.41, 5.74) is 12.1. The Morgan fingerprint density at radius 3 is 1.80 bits per heavy atom. The van der Waals surface area contributed by atoms with Crippen LogP contribution in [0, 0.1) is 0 Å². The highest BCUT2D eigenvalue weighted by atomic mass is 32.1. The molecule has 10 rings (SSSR count). The molecule has 0 radical (unpaired) electrons. The Balaban J connectivity index is 1.16. The smallest absolute Gasteiger partial charge is 0.137 e. The zero-order valence-corrected chi connectivity index (χ0v) is 28.5. The molecular formula is C48H31NOS. The predicted molar refractivity (Wildman–Crippen MR) is 218 cm³/mol. The van der Waals surface area contributed by atoms with E-state index in [2.05, 4.69) is 181 Å². The number of para-hydroxylation sites is 1. The first-order valence-electron chi connectivity index (χ1n) is 17.3. The maximum absolute atomic E-state index is 6.39. The zero-order chi connectivity index (χ0) is 33.7. The largest absolute Gasteiger partial charge is 0.456 e. The summed E-state index contributed by atoms with van der Waals surface area (Å²) >= 11 is 1.86. The van der Waals surface area contributed by atoms with Crippen LogP contribution in [0.5, 0.6) is 0 Å². The third-order valence-corrected chi connectivity index (χ3v) is 11.0. The highest BCUT2D eigenvalue weighted by Gasteiger charge is 2.21. The molecule has 2 aromatic heterocycles. The van der Waals surface area contributed by atoms with Crippen LogP contribution in [0.2, 0.25) is 0 Å². The fourth-order valence-corrected chi connectivity index (χ4v) is 8.62. The number of nitrogens with zero attached hydrogens (tertiary/aromatic N) is 1. The minimum Gasteiger partial charge on any atom is -0.456 e. The monoisotopic (exact) mass is 669 g/mol. The molecule has 0 fully saturated rings. The van der Waals surface area contributed by atoms with Gasteiger partial charge in [0, 0.05) is 36.9 Å². The standard InChI is InChI=1S/C48H31NOS/c1-3-12-33(13-4-1)38-29-27-37(31-42(38)34-14-5-2-6-15-34)49(43-18-11-20-45-48(43)41-17-7-9-19-44(41)50-45)36-25-22-32(23-26-36)35-24-28-40-39-16-8-10-21-46(39)51-47(40)30-35/h1-31H. The van der Waals surface area contributed by atoms with Gasteiger partial charge in [-0.15, -0.1) is 11.3 Å². The minimum atomic E-state index is 0.871. The molecule has 51 heavy (non-hydrogen) atoms. The van der Waals surface area contributed by atoms with Crippen molar-refractivity contribution in [1.82, 2.24) is 0 Å². The van der Waals surface area contributed by atoms with Crippen LogP contribution < -0.4 is 4.90 Å². The average molecular weight is 670 g/mol. The molecule has 0 unspecified atom stereocenters. The van der Waals surface area contributed by atoms with Crippen molar-refractivity contribution in [2.75, 3.05) is 4.90 Å². The van der Waals surface area contributed by atoms with Gasteiger partial charge in [0.15, 0.2) is 0 Å². The van der Waals surface area contributed by atoms with Crippen molar-refractivity contribution in [2.45, 2.75) is 0 Å². The van der Waals surface area contributed by atoms with Gasteiger partial charge in [0.2, 0.25) is 0 Å². The molecule has 0 atom stereocenters. The Bertz CT molecular complexity index is 2850. The van der Waals surface area contributed by atoms with Crippen molar-refractivity contribution in [2.24, 2.45) is 0 Å². The number of benzene rings is 8. The lowest BCUT2D eigenvalue weighted by molar-refractivity contribution is 0.669. The van der Waals surface area contributed by atoms with Gasteiger partial charge in [-0.05, 0) is 88.0 Å². The zero-order valence-electron chi connectivity index (χ0n) is 27.7. The maximum Gasteiger partial charge on any atom is 0.137 e. The van der Waals surface area contributed by atoms with E-state index in [-0.39, 0.29) is 0 Å². The average Bonchev–Trinajstić information content (AvgIpc) is 3.77. The van der Waals surface area contributed by atoms with Crippen molar-refractivity contribution in [3.63, 3.8) is 0 Å². The van der Waals surface area contributed by atoms with Gasteiger partial charge in [-0.2, -0.15) is 0 Å². The van der Waals surface area contributed by atoms with Crippen molar-refractivity contribution >= 4 is 70.5 Å². The van der Waals surface area contributed by atoms with E-state index in [0.29, 0.717) is 0 Å². The second-order valence-electron chi connectivity index (χ2n) is 12.9. The fourth-order valence-electron chi connectivity index (χ4n) is 7.48. The second kappa shape index (κ2) is 12.2. The second-order valence-corrected chi connectivity index (χ2v) is 14.0. The molecule has 0 aliphatic carbocycles. The number of hydrogen-bond donors (Lipinski definition) is 0. The molecule has 2 heterocycles. The third kappa shape index (κ3) is 5.10. The number of rotatable bonds is 6.